The molecule has 2 aromatic rings. The first kappa shape index (κ1) is 13.9. The highest BCUT2D eigenvalue weighted by atomic mass is 32.1. The second-order valence-electron chi connectivity index (χ2n) is 4.86. The summed E-state index contributed by atoms with van der Waals surface area (Å²) in [7, 11) is 1.90. The molecule has 0 bridgehead atoms. The van der Waals surface area contributed by atoms with Gasteiger partial charge in [-0.25, -0.2) is 4.39 Å². The Hall–Kier alpha value is -1.55. The van der Waals surface area contributed by atoms with E-state index in [1.807, 2.05) is 43.3 Å². The highest BCUT2D eigenvalue weighted by molar-refractivity contribution is 7.07. The van der Waals surface area contributed by atoms with Crippen molar-refractivity contribution in [2.45, 2.75) is 26.4 Å². The Morgan fingerprint density at radius 2 is 2.11 bits per heavy atom. The van der Waals surface area contributed by atoms with Crippen LogP contribution < -0.4 is 10.2 Å². The molecule has 1 heterocycles. The summed E-state index contributed by atoms with van der Waals surface area (Å²) >= 11 is 1.67. The fourth-order valence-corrected chi connectivity index (χ4v) is 2.45. The van der Waals surface area contributed by atoms with Gasteiger partial charge in [0.05, 0.1) is 5.69 Å². The Morgan fingerprint density at radius 3 is 2.68 bits per heavy atom. The molecule has 2 nitrogen and oxygen atoms in total. The number of anilines is 2. The average molecular weight is 278 g/mol. The SMILES string of the molecule is CC(C)N(C)c1ccc(NCc2ccsc2)cc1F. The van der Waals surface area contributed by atoms with Crippen molar-refractivity contribution in [1.82, 2.24) is 0 Å². The highest BCUT2D eigenvalue weighted by Gasteiger charge is 2.10. The predicted octanol–water partition coefficient (Wildman–Crippen LogP) is 4.34. The van der Waals surface area contributed by atoms with Gasteiger partial charge in [0.2, 0.25) is 0 Å². The molecule has 0 spiro atoms. The Morgan fingerprint density at radius 1 is 1.32 bits per heavy atom. The molecular weight excluding hydrogens is 259 g/mol. The third kappa shape index (κ3) is 3.47. The van der Waals surface area contributed by atoms with Crippen molar-refractivity contribution in [3.8, 4) is 0 Å². The molecule has 1 aromatic heterocycles. The number of nitrogens with zero attached hydrogens (tertiary/aromatic N) is 1. The number of benzene rings is 1. The van der Waals surface area contributed by atoms with E-state index in [0.29, 0.717) is 5.69 Å². The third-order valence-electron chi connectivity index (χ3n) is 3.18. The number of hydrogen-bond acceptors (Lipinski definition) is 3. The summed E-state index contributed by atoms with van der Waals surface area (Å²) in [5, 5.41) is 7.36. The van der Waals surface area contributed by atoms with E-state index in [1.165, 1.54) is 5.56 Å². The molecule has 0 radical (unpaired) electrons. The lowest BCUT2D eigenvalue weighted by molar-refractivity contribution is 0.614. The van der Waals surface area contributed by atoms with Crippen LogP contribution in [-0.2, 0) is 6.54 Å². The molecule has 0 saturated carbocycles. The van der Waals surface area contributed by atoms with Gasteiger partial charge in [0.1, 0.15) is 5.82 Å². The summed E-state index contributed by atoms with van der Waals surface area (Å²) in [4.78, 5) is 1.93. The normalized spacial score (nSPS) is 10.8. The quantitative estimate of drug-likeness (QED) is 0.875. The standard InChI is InChI=1S/C15H19FN2S/c1-11(2)18(3)15-5-4-13(8-14(15)16)17-9-12-6-7-19-10-12/h4-8,10-11,17H,9H2,1-3H3. The molecule has 0 saturated heterocycles. The van der Waals surface area contributed by atoms with Crippen LogP contribution in [0.5, 0.6) is 0 Å². The van der Waals surface area contributed by atoms with Crippen LogP contribution in [0, 0.1) is 5.82 Å². The van der Waals surface area contributed by atoms with Crippen LogP contribution in [-0.4, -0.2) is 13.1 Å². The molecule has 1 N–H and O–H groups in total. The van der Waals surface area contributed by atoms with E-state index in [2.05, 4.69) is 16.8 Å². The zero-order valence-corrected chi connectivity index (χ0v) is 12.3. The van der Waals surface area contributed by atoms with Gasteiger partial charge in [0, 0.05) is 25.3 Å². The van der Waals surface area contributed by atoms with Crippen LogP contribution in [0.3, 0.4) is 0 Å². The first-order valence-electron chi connectivity index (χ1n) is 6.35. The van der Waals surface area contributed by atoms with Gasteiger partial charge < -0.3 is 10.2 Å². The van der Waals surface area contributed by atoms with Gasteiger partial charge in [-0.05, 0) is 54.4 Å². The Bertz CT molecular complexity index is 523. The lowest BCUT2D eigenvalue weighted by atomic mass is 10.2. The van der Waals surface area contributed by atoms with E-state index in [0.717, 1.165) is 12.2 Å². The first-order chi connectivity index (χ1) is 9.08. The van der Waals surface area contributed by atoms with Crippen LogP contribution >= 0.6 is 11.3 Å². The molecule has 19 heavy (non-hydrogen) atoms. The minimum absolute atomic E-state index is 0.188. The lowest BCUT2D eigenvalue weighted by Crippen LogP contribution is -2.26. The van der Waals surface area contributed by atoms with Gasteiger partial charge in [0.15, 0.2) is 0 Å². The maximum absolute atomic E-state index is 14.0. The van der Waals surface area contributed by atoms with Crippen LogP contribution in [0.25, 0.3) is 0 Å². The van der Waals surface area contributed by atoms with E-state index in [4.69, 9.17) is 0 Å². The molecule has 102 valence electrons. The van der Waals surface area contributed by atoms with Gasteiger partial charge in [0.25, 0.3) is 0 Å². The summed E-state index contributed by atoms with van der Waals surface area (Å²) in [6.07, 6.45) is 0. The summed E-state index contributed by atoms with van der Waals surface area (Å²) in [5.74, 6) is -0.188. The summed E-state index contributed by atoms with van der Waals surface area (Å²) in [6.45, 7) is 4.81. The molecule has 0 atom stereocenters. The summed E-state index contributed by atoms with van der Waals surface area (Å²) in [6, 6.07) is 7.64. The van der Waals surface area contributed by atoms with Crippen molar-refractivity contribution < 1.29 is 4.39 Å². The Labute approximate surface area is 117 Å². The Kier molecular flexibility index (Phi) is 4.43. The van der Waals surface area contributed by atoms with Gasteiger partial charge in [-0.3, -0.25) is 0 Å². The predicted molar refractivity (Wildman–Crippen MR) is 81.6 cm³/mol. The van der Waals surface area contributed by atoms with Crippen molar-refractivity contribution in [2.75, 3.05) is 17.3 Å². The van der Waals surface area contributed by atoms with Crippen LogP contribution in [0.2, 0.25) is 0 Å². The number of hydrogen-bond donors (Lipinski definition) is 1. The monoisotopic (exact) mass is 278 g/mol. The third-order valence-corrected chi connectivity index (χ3v) is 3.91. The average Bonchev–Trinajstić information content (AvgIpc) is 2.88. The van der Waals surface area contributed by atoms with E-state index in [9.17, 15) is 4.39 Å². The van der Waals surface area contributed by atoms with Crippen molar-refractivity contribution in [3.63, 3.8) is 0 Å². The molecule has 1 aromatic carbocycles. The van der Waals surface area contributed by atoms with E-state index in [1.54, 1.807) is 17.4 Å². The summed E-state index contributed by atoms with van der Waals surface area (Å²) in [5.41, 5.74) is 2.66. The van der Waals surface area contributed by atoms with Crippen LogP contribution in [0.15, 0.2) is 35.0 Å². The molecule has 0 aliphatic carbocycles. The maximum atomic E-state index is 14.0. The van der Waals surface area contributed by atoms with Crippen molar-refractivity contribution in [1.29, 1.82) is 0 Å². The lowest BCUT2D eigenvalue weighted by Gasteiger charge is -2.24. The topological polar surface area (TPSA) is 15.3 Å². The molecule has 0 amide bonds. The van der Waals surface area contributed by atoms with E-state index >= 15 is 0 Å². The minimum Gasteiger partial charge on any atom is -0.381 e. The second-order valence-corrected chi connectivity index (χ2v) is 5.64. The number of rotatable bonds is 5. The fraction of sp³-hybridized carbons (Fsp3) is 0.333. The first-order valence-corrected chi connectivity index (χ1v) is 7.29. The van der Waals surface area contributed by atoms with Gasteiger partial charge in [-0.15, -0.1) is 0 Å². The van der Waals surface area contributed by atoms with Crippen molar-refractivity contribution in [3.05, 3.63) is 46.4 Å². The van der Waals surface area contributed by atoms with Crippen molar-refractivity contribution in [2.24, 2.45) is 0 Å². The molecule has 0 aliphatic heterocycles. The molecule has 0 fully saturated rings. The number of halogens is 1. The highest BCUT2D eigenvalue weighted by Crippen LogP contribution is 2.23. The Balaban J connectivity index is 2.06. The van der Waals surface area contributed by atoms with E-state index in [-0.39, 0.29) is 11.9 Å². The summed E-state index contributed by atoms with van der Waals surface area (Å²) < 4.78 is 14.0. The number of nitrogens with one attached hydrogen (secondary N) is 1. The second kappa shape index (κ2) is 6.06. The number of thiophene rings is 1. The van der Waals surface area contributed by atoms with Crippen LogP contribution in [0.1, 0.15) is 19.4 Å². The largest absolute Gasteiger partial charge is 0.381 e. The van der Waals surface area contributed by atoms with Crippen LogP contribution in [0.4, 0.5) is 15.8 Å². The fourth-order valence-electron chi connectivity index (χ4n) is 1.78. The molecular formula is C15H19FN2S. The molecule has 4 heteroatoms. The van der Waals surface area contributed by atoms with Gasteiger partial charge in [-0.1, -0.05) is 0 Å². The minimum atomic E-state index is -0.188. The molecule has 0 unspecified atom stereocenters. The van der Waals surface area contributed by atoms with Gasteiger partial charge in [-0.2, -0.15) is 11.3 Å². The molecule has 2 rings (SSSR count). The smallest absolute Gasteiger partial charge is 0.148 e. The van der Waals surface area contributed by atoms with E-state index < -0.39 is 0 Å². The van der Waals surface area contributed by atoms with Gasteiger partial charge >= 0.3 is 0 Å². The zero-order chi connectivity index (χ0) is 13.8. The van der Waals surface area contributed by atoms with Crippen molar-refractivity contribution >= 4 is 22.7 Å². The molecule has 0 aliphatic rings. The zero-order valence-electron chi connectivity index (χ0n) is 11.5. The maximum Gasteiger partial charge on any atom is 0.148 e.